The van der Waals surface area contributed by atoms with Crippen molar-refractivity contribution < 1.29 is 5.11 Å². The normalized spacial score (nSPS) is 16.9. The molecule has 1 aliphatic rings. The first-order valence-corrected chi connectivity index (χ1v) is 6.81. The van der Waals surface area contributed by atoms with Gasteiger partial charge in [-0.25, -0.2) is 0 Å². The fourth-order valence-electron chi connectivity index (χ4n) is 2.55. The molecule has 1 N–H and O–H groups in total. The number of hydrogen-bond acceptors (Lipinski definition) is 3. The lowest BCUT2D eigenvalue weighted by atomic mass is 9.77. The van der Waals surface area contributed by atoms with Gasteiger partial charge in [0.05, 0.1) is 17.6 Å². The van der Waals surface area contributed by atoms with E-state index >= 15 is 0 Å². The van der Waals surface area contributed by atoms with Crippen LogP contribution in [0.5, 0.6) is 0 Å². The molecule has 1 aliphatic carbocycles. The summed E-state index contributed by atoms with van der Waals surface area (Å²) in [6.45, 7) is 1.89. The van der Waals surface area contributed by atoms with Gasteiger partial charge in [0, 0.05) is 6.20 Å². The second-order valence-electron chi connectivity index (χ2n) is 5.24. The Kier molecular flexibility index (Phi) is 3.30. The molecule has 98 valence electrons. The van der Waals surface area contributed by atoms with Gasteiger partial charge >= 0.3 is 0 Å². The zero-order valence-corrected chi connectivity index (χ0v) is 11.1. The summed E-state index contributed by atoms with van der Waals surface area (Å²) in [6.07, 6.45) is 6.43. The number of aliphatic hydroxyl groups is 1. The van der Waals surface area contributed by atoms with Crippen molar-refractivity contribution in [1.29, 1.82) is 0 Å². The van der Waals surface area contributed by atoms with E-state index in [4.69, 9.17) is 0 Å². The van der Waals surface area contributed by atoms with Crippen molar-refractivity contribution in [2.75, 3.05) is 0 Å². The van der Waals surface area contributed by atoms with Crippen LogP contribution in [0.25, 0.3) is 0 Å². The minimum Gasteiger partial charge on any atom is -0.382 e. The largest absolute Gasteiger partial charge is 0.382 e. The second kappa shape index (κ2) is 5.10. The Morgan fingerprint density at radius 2 is 1.95 bits per heavy atom. The van der Waals surface area contributed by atoms with Crippen molar-refractivity contribution in [2.24, 2.45) is 0 Å². The Bertz CT molecular complexity index is 561. The maximum Gasteiger partial charge on any atom is 0.123 e. The average molecular weight is 254 g/mol. The average Bonchev–Trinajstić information content (AvgIpc) is 2.37. The van der Waals surface area contributed by atoms with Gasteiger partial charge in [0.25, 0.3) is 0 Å². The third kappa shape index (κ3) is 2.38. The molecule has 1 fully saturated rings. The van der Waals surface area contributed by atoms with Crippen molar-refractivity contribution in [2.45, 2.75) is 38.2 Å². The first-order chi connectivity index (χ1) is 9.25. The Labute approximate surface area is 113 Å². The van der Waals surface area contributed by atoms with Crippen LogP contribution in [-0.2, 0) is 0 Å². The van der Waals surface area contributed by atoms with Gasteiger partial charge in [-0.05, 0) is 36.8 Å². The maximum atomic E-state index is 10.5. The smallest absolute Gasteiger partial charge is 0.123 e. The lowest BCUT2D eigenvalue weighted by molar-refractivity contribution is 0.211. The van der Waals surface area contributed by atoms with Gasteiger partial charge in [0.15, 0.2) is 0 Å². The zero-order chi connectivity index (χ0) is 13.2. The number of benzene rings is 1. The number of aryl methyl sites for hydroxylation is 1. The highest BCUT2D eigenvalue weighted by atomic mass is 16.3. The molecule has 0 bridgehead atoms. The fourth-order valence-corrected chi connectivity index (χ4v) is 2.55. The molecule has 19 heavy (non-hydrogen) atoms. The standard InChI is InChI=1S/C16H18N2O/c1-11-9-18-15(10-17-11)16(19)14-8-3-2-7-13(14)12-5-4-6-12/h2-3,7-10,12,16,19H,4-6H2,1H3. The molecule has 2 aromatic rings. The molecule has 1 heterocycles. The van der Waals surface area contributed by atoms with Gasteiger partial charge in [0.2, 0.25) is 0 Å². The summed E-state index contributed by atoms with van der Waals surface area (Å²) in [4.78, 5) is 8.50. The van der Waals surface area contributed by atoms with Gasteiger partial charge in [0.1, 0.15) is 6.10 Å². The van der Waals surface area contributed by atoms with Crippen LogP contribution in [0, 0.1) is 6.92 Å². The number of rotatable bonds is 3. The van der Waals surface area contributed by atoms with Crippen LogP contribution in [0.3, 0.4) is 0 Å². The summed E-state index contributed by atoms with van der Waals surface area (Å²) in [6, 6.07) is 8.15. The topological polar surface area (TPSA) is 46.0 Å². The van der Waals surface area contributed by atoms with Crippen molar-refractivity contribution in [1.82, 2.24) is 9.97 Å². The molecule has 3 rings (SSSR count). The SMILES string of the molecule is Cc1cnc(C(O)c2ccccc2C2CCC2)cn1. The minimum atomic E-state index is -0.676. The Hall–Kier alpha value is -1.74. The molecular weight excluding hydrogens is 236 g/mol. The Morgan fingerprint density at radius 3 is 2.58 bits per heavy atom. The summed E-state index contributed by atoms with van der Waals surface area (Å²) < 4.78 is 0. The van der Waals surface area contributed by atoms with Gasteiger partial charge in [-0.3, -0.25) is 9.97 Å². The molecular formula is C16H18N2O. The minimum absolute atomic E-state index is 0.601. The molecule has 0 amide bonds. The number of nitrogens with zero attached hydrogens (tertiary/aromatic N) is 2. The highest BCUT2D eigenvalue weighted by molar-refractivity contribution is 5.36. The molecule has 3 heteroatoms. The Morgan fingerprint density at radius 1 is 1.16 bits per heavy atom. The van der Waals surface area contributed by atoms with Crippen LogP contribution >= 0.6 is 0 Å². The van der Waals surface area contributed by atoms with Crippen LogP contribution in [-0.4, -0.2) is 15.1 Å². The molecule has 1 unspecified atom stereocenters. The van der Waals surface area contributed by atoms with Crippen LogP contribution < -0.4 is 0 Å². The quantitative estimate of drug-likeness (QED) is 0.915. The van der Waals surface area contributed by atoms with E-state index in [2.05, 4.69) is 16.0 Å². The number of hydrogen-bond donors (Lipinski definition) is 1. The van der Waals surface area contributed by atoms with Crippen LogP contribution in [0.4, 0.5) is 0 Å². The molecule has 3 nitrogen and oxygen atoms in total. The first kappa shape index (κ1) is 12.3. The van der Waals surface area contributed by atoms with Crippen LogP contribution in [0.15, 0.2) is 36.7 Å². The van der Waals surface area contributed by atoms with E-state index in [0.29, 0.717) is 11.6 Å². The summed E-state index contributed by atoms with van der Waals surface area (Å²) in [7, 11) is 0. The second-order valence-corrected chi connectivity index (χ2v) is 5.24. The van der Waals surface area contributed by atoms with E-state index in [1.54, 1.807) is 12.4 Å². The molecule has 1 atom stereocenters. The van der Waals surface area contributed by atoms with Gasteiger partial charge in [-0.2, -0.15) is 0 Å². The highest BCUT2D eigenvalue weighted by Gasteiger charge is 2.25. The Balaban J connectivity index is 1.94. The predicted molar refractivity (Wildman–Crippen MR) is 73.9 cm³/mol. The molecule has 0 spiro atoms. The van der Waals surface area contributed by atoms with Crippen molar-refractivity contribution >= 4 is 0 Å². The lowest BCUT2D eigenvalue weighted by Gasteiger charge is -2.29. The van der Waals surface area contributed by atoms with E-state index in [9.17, 15) is 5.11 Å². The third-order valence-corrected chi connectivity index (χ3v) is 3.92. The molecule has 0 aliphatic heterocycles. The van der Waals surface area contributed by atoms with Crippen molar-refractivity contribution in [3.63, 3.8) is 0 Å². The van der Waals surface area contributed by atoms with Gasteiger partial charge < -0.3 is 5.11 Å². The zero-order valence-electron chi connectivity index (χ0n) is 11.1. The third-order valence-electron chi connectivity index (χ3n) is 3.92. The van der Waals surface area contributed by atoms with Crippen LogP contribution in [0.2, 0.25) is 0 Å². The molecule has 1 saturated carbocycles. The summed E-state index contributed by atoms with van der Waals surface area (Å²) in [5.74, 6) is 0.601. The molecule has 0 saturated heterocycles. The summed E-state index contributed by atoms with van der Waals surface area (Å²) >= 11 is 0. The fraction of sp³-hybridized carbons (Fsp3) is 0.375. The van der Waals surface area contributed by atoms with E-state index in [1.807, 2.05) is 25.1 Å². The number of aromatic nitrogens is 2. The molecule has 0 radical (unpaired) electrons. The van der Waals surface area contributed by atoms with Crippen LogP contribution in [0.1, 0.15) is 53.8 Å². The van der Waals surface area contributed by atoms with E-state index in [0.717, 1.165) is 11.3 Å². The first-order valence-electron chi connectivity index (χ1n) is 6.81. The molecule has 1 aromatic heterocycles. The predicted octanol–water partition coefficient (Wildman–Crippen LogP) is 3.13. The summed E-state index contributed by atoms with van der Waals surface area (Å²) in [5, 5.41) is 10.5. The highest BCUT2D eigenvalue weighted by Crippen LogP contribution is 2.40. The summed E-state index contributed by atoms with van der Waals surface area (Å²) in [5.41, 5.74) is 3.73. The van der Waals surface area contributed by atoms with E-state index < -0.39 is 6.10 Å². The van der Waals surface area contributed by atoms with E-state index in [1.165, 1.54) is 24.8 Å². The molecule has 1 aromatic carbocycles. The maximum absolute atomic E-state index is 10.5. The van der Waals surface area contributed by atoms with Crippen molar-refractivity contribution in [3.8, 4) is 0 Å². The van der Waals surface area contributed by atoms with Crippen molar-refractivity contribution in [3.05, 3.63) is 59.2 Å². The lowest BCUT2D eigenvalue weighted by Crippen LogP contribution is -2.14. The van der Waals surface area contributed by atoms with E-state index in [-0.39, 0.29) is 0 Å². The van der Waals surface area contributed by atoms with Gasteiger partial charge in [-0.15, -0.1) is 0 Å². The van der Waals surface area contributed by atoms with Gasteiger partial charge in [-0.1, -0.05) is 30.7 Å². The monoisotopic (exact) mass is 254 g/mol. The number of aliphatic hydroxyl groups excluding tert-OH is 1.